The Morgan fingerprint density at radius 2 is 1.96 bits per heavy atom. The largest absolute Gasteiger partial charge is 0.495 e. The van der Waals surface area contributed by atoms with E-state index in [-0.39, 0.29) is 14.9 Å². The van der Waals surface area contributed by atoms with Gasteiger partial charge in [-0.2, -0.15) is 0 Å². The highest BCUT2D eigenvalue weighted by Crippen LogP contribution is 2.36. The van der Waals surface area contributed by atoms with Crippen molar-refractivity contribution in [2.75, 3.05) is 46.5 Å². The molecule has 9 heteroatoms. The third-order valence-corrected chi connectivity index (χ3v) is 6.05. The molecule has 130 valence electrons. The van der Waals surface area contributed by atoms with E-state index in [2.05, 4.69) is 9.62 Å². The first kappa shape index (κ1) is 18.8. The molecule has 0 saturated carbocycles. The molecule has 0 bridgehead atoms. The van der Waals surface area contributed by atoms with Crippen LogP contribution in [0.25, 0.3) is 0 Å². The maximum absolute atomic E-state index is 12.3. The highest BCUT2D eigenvalue weighted by Gasteiger charge is 2.21. The van der Waals surface area contributed by atoms with Gasteiger partial charge in [-0.3, -0.25) is 4.90 Å². The molecule has 1 fully saturated rings. The summed E-state index contributed by atoms with van der Waals surface area (Å²) in [7, 11) is -2.27. The van der Waals surface area contributed by atoms with Gasteiger partial charge in [0.15, 0.2) is 0 Å². The van der Waals surface area contributed by atoms with E-state index in [1.54, 1.807) is 0 Å². The number of hydrogen-bond donors (Lipinski definition) is 1. The first-order chi connectivity index (χ1) is 11.0. The second-order valence-corrected chi connectivity index (χ2v) is 7.59. The van der Waals surface area contributed by atoms with Gasteiger partial charge in [0.1, 0.15) is 15.7 Å². The number of nitrogens with zero attached hydrogens (tertiary/aromatic N) is 1. The molecular weight excluding hydrogens is 363 g/mol. The van der Waals surface area contributed by atoms with Crippen LogP contribution in [0.3, 0.4) is 0 Å². The molecule has 2 rings (SSSR count). The summed E-state index contributed by atoms with van der Waals surface area (Å²) >= 11 is 12.0. The van der Waals surface area contributed by atoms with E-state index in [4.69, 9.17) is 32.7 Å². The van der Waals surface area contributed by atoms with Crippen LogP contribution in [0.1, 0.15) is 6.42 Å². The molecule has 1 aliphatic rings. The average molecular weight is 383 g/mol. The number of benzene rings is 1. The van der Waals surface area contributed by atoms with Gasteiger partial charge in [-0.25, -0.2) is 13.1 Å². The van der Waals surface area contributed by atoms with E-state index in [1.807, 2.05) is 0 Å². The zero-order chi connectivity index (χ0) is 16.9. The lowest BCUT2D eigenvalue weighted by Gasteiger charge is -2.26. The summed E-state index contributed by atoms with van der Waals surface area (Å²) in [4.78, 5) is 2.20. The Kier molecular flexibility index (Phi) is 6.94. The van der Waals surface area contributed by atoms with E-state index in [9.17, 15) is 8.42 Å². The summed E-state index contributed by atoms with van der Waals surface area (Å²) in [5, 5.41) is 0.0528. The molecule has 1 heterocycles. The predicted octanol–water partition coefficient (Wildman–Crippen LogP) is 2.00. The zero-order valence-electron chi connectivity index (χ0n) is 12.8. The minimum atomic E-state index is -3.71. The Bertz CT molecular complexity index is 634. The number of rotatable bonds is 7. The smallest absolute Gasteiger partial charge is 0.242 e. The number of hydrogen-bond acceptors (Lipinski definition) is 5. The molecule has 1 aromatic rings. The number of nitrogens with one attached hydrogen (secondary N) is 1. The van der Waals surface area contributed by atoms with Crippen molar-refractivity contribution in [3.05, 3.63) is 22.2 Å². The van der Waals surface area contributed by atoms with Crippen molar-refractivity contribution in [1.29, 1.82) is 0 Å². The predicted molar refractivity (Wildman–Crippen MR) is 90.1 cm³/mol. The SMILES string of the molecule is COc1ccc(S(=O)(=O)NCCCN2CCOCC2)c(Cl)c1Cl. The normalized spacial score (nSPS) is 16.5. The van der Waals surface area contributed by atoms with Gasteiger partial charge in [0, 0.05) is 19.6 Å². The molecular formula is C14H20Cl2N2O4S. The van der Waals surface area contributed by atoms with Gasteiger partial charge in [-0.1, -0.05) is 23.2 Å². The van der Waals surface area contributed by atoms with Crippen LogP contribution in [0.4, 0.5) is 0 Å². The van der Waals surface area contributed by atoms with E-state index >= 15 is 0 Å². The van der Waals surface area contributed by atoms with Crippen molar-refractivity contribution in [2.24, 2.45) is 0 Å². The molecule has 6 nitrogen and oxygen atoms in total. The molecule has 23 heavy (non-hydrogen) atoms. The number of morpholine rings is 1. The van der Waals surface area contributed by atoms with Crippen LogP contribution < -0.4 is 9.46 Å². The van der Waals surface area contributed by atoms with Gasteiger partial charge >= 0.3 is 0 Å². The highest BCUT2D eigenvalue weighted by molar-refractivity contribution is 7.89. The maximum atomic E-state index is 12.3. The van der Waals surface area contributed by atoms with Crippen LogP contribution in [0, 0.1) is 0 Å². The topological polar surface area (TPSA) is 67.9 Å². The summed E-state index contributed by atoms with van der Waals surface area (Å²) < 4.78 is 37.5. The molecule has 1 aliphatic heterocycles. The van der Waals surface area contributed by atoms with Crippen molar-refractivity contribution in [2.45, 2.75) is 11.3 Å². The van der Waals surface area contributed by atoms with Crippen LogP contribution in [0.2, 0.25) is 10.0 Å². The summed E-state index contributed by atoms with van der Waals surface area (Å²) in [6.07, 6.45) is 0.709. The Hall–Kier alpha value is -0.570. The average Bonchev–Trinajstić information content (AvgIpc) is 2.55. The minimum absolute atomic E-state index is 0.0355. The molecule has 1 saturated heterocycles. The Morgan fingerprint density at radius 3 is 2.61 bits per heavy atom. The zero-order valence-corrected chi connectivity index (χ0v) is 15.2. The Balaban J connectivity index is 1.92. The van der Waals surface area contributed by atoms with Gasteiger partial charge in [-0.15, -0.1) is 0 Å². The van der Waals surface area contributed by atoms with Crippen molar-refractivity contribution in [3.63, 3.8) is 0 Å². The van der Waals surface area contributed by atoms with Crippen molar-refractivity contribution < 1.29 is 17.9 Å². The second-order valence-electron chi connectivity index (χ2n) is 5.10. The van der Waals surface area contributed by atoms with Crippen LogP contribution in [0.5, 0.6) is 5.75 Å². The molecule has 0 unspecified atom stereocenters. The lowest BCUT2D eigenvalue weighted by atomic mass is 10.3. The number of methoxy groups -OCH3 is 1. The van der Waals surface area contributed by atoms with Gasteiger partial charge < -0.3 is 9.47 Å². The molecule has 0 amide bonds. The van der Waals surface area contributed by atoms with Gasteiger partial charge in [0.25, 0.3) is 0 Å². The first-order valence-electron chi connectivity index (χ1n) is 7.27. The van der Waals surface area contributed by atoms with Crippen molar-refractivity contribution >= 4 is 33.2 Å². The van der Waals surface area contributed by atoms with E-state index < -0.39 is 10.0 Å². The number of sulfonamides is 1. The quantitative estimate of drug-likeness (QED) is 0.730. The third kappa shape index (κ3) is 4.95. The monoisotopic (exact) mass is 382 g/mol. The number of ether oxygens (including phenoxy) is 2. The third-order valence-electron chi connectivity index (χ3n) is 3.57. The van der Waals surface area contributed by atoms with Crippen LogP contribution in [-0.4, -0.2) is 59.8 Å². The molecule has 0 radical (unpaired) electrons. The van der Waals surface area contributed by atoms with Crippen molar-refractivity contribution in [3.8, 4) is 5.75 Å². The summed E-state index contributed by atoms with van der Waals surface area (Å²) in [5.74, 6) is 0.336. The lowest BCUT2D eigenvalue weighted by molar-refractivity contribution is 0.0376. The second kappa shape index (κ2) is 8.50. The fourth-order valence-electron chi connectivity index (χ4n) is 2.29. The van der Waals surface area contributed by atoms with Crippen LogP contribution in [0.15, 0.2) is 17.0 Å². The standard InChI is InChI=1S/C14H20Cl2N2O4S/c1-21-11-3-4-12(14(16)13(11)15)23(19,20)17-5-2-6-18-7-9-22-10-8-18/h3-4,17H,2,5-10H2,1H3. The van der Waals surface area contributed by atoms with E-state index in [0.29, 0.717) is 18.7 Å². The first-order valence-corrected chi connectivity index (χ1v) is 9.51. The summed E-state index contributed by atoms with van der Waals surface area (Å²) in [5.41, 5.74) is 0. The van der Waals surface area contributed by atoms with E-state index in [0.717, 1.165) is 32.8 Å². The molecule has 1 N–H and O–H groups in total. The molecule has 0 atom stereocenters. The molecule has 0 aliphatic carbocycles. The summed E-state index contributed by atoms with van der Waals surface area (Å²) in [6, 6.07) is 2.87. The Labute approximate surface area is 146 Å². The summed E-state index contributed by atoms with van der Waals surface area (Å²) in [6.45, 7) is 4.37. The fraction of sp³-hybridized carbons (Fsp3) is 0.571. The molecule has 0 spiro atoms. The van der Waals surface area contributed by atoms with Crippen LogP contribution >= 0.6 is 23.2 Å². The van der Waals surface area contributed by atoms with Gasteiger partial charge in [-0.05, 0) is 25.1 Å². The molecule has 0 aromatic heterocycles. The minimum Gasteiger partial charge on any atom is -0.495 e. The van der Waals surface area contributed by atoms with Gasteiger partial charge in [0.2, 0.25) is 10.0 Å². The van der Waals surface area contributed by atoms with Gasteiger partial charge in [0.05, 0.1) is 25.3 Å². The lowest BCUT2D eigenvalue weighted by Crippen LogP contribution is -2.38. The highest BCUT2D eigenvalue weighted by atomic mass is 35.5. The maximum Gasteiger partial charge on any atom is 0.242 e. The van der Waals surface area contributed by atoms with E-state index in [1.165, 1.54) is 19.2 Å². The fourth-order valence-corrected chi connectivity index (χ4v) is 4.20. The van der Waals surface area contributed by atoms with Crippen molar-refractivity contribution in [1.82, 2.24) is 9.62 Å². The van der Waals surface area contributed by atoms with Crippen LogP contribution in [-0.2, 0) is 14.8 Å². The molecule has 1 aromatic carbocycles. The number of halogens is 2. The Morgan fingerprint density at radius 1 is 1.26 bits per heavy atom.